The van der Waals surface area contributed by atoms with E-state index in [1.54, 1.807) is 0 Å². The monoisotopic (exact) mass is 1100 g/mol. The second-order valence-electron chi connectivity index (χ2n) is 13.8. The van der Waals surface area contributed by atoms with E-state index in [0.717, 1.165) is 18.2 Å². The van der Waals surface area contributed by atoms with Crippen LogP contribution >= 0.6 is 0 Å². The molecule has 38 heteroatoms. The lowest BCUT2D eigenvalue weighted by Gasteiger charge is -2.15. The second kappa shape index (κ2) is 18.0. The van der Waals surface area contributed by atoms with Crippen LogP contribution in [0.4, 0.5) is 45.5 Å². The van der Waals surface area contributed by atoms with Crippen LogP contribution in [0.25, 0.3) is 21.5 Å². The van der Waals surface area contributed by atoms with Crippen LogP contribution in [0, 0.1) is 10.1 Å². The van der Waals surface area contributed by atoms with Gasteiger partial charge in [-0.3, -0.25) is 32.9 Å². The van der Waals surface area contributed by atoms with Crippen molar-refractivity contribution >= 4 is 134 Å². The number of aromatic carboxylic acids is 1. The van der Waals surface area contributed by atoms with Crippen molar-refractivity contribution in [1.82, 2.24) is 0 Å². The zero-order valence-corrected chi connectivity index (χ0v) is 38.7. The predicted molar refractivity (Wildman–Crippen MR) is 235 cm³/mol. The number of nitro benzene ring substituents is 1. The third kappa shape index (κ3) is 10.6. The molecule has 6 aromatic carbocycles. The minimum Gasteiger partial charge on any atom is -0.505 e. The Morgan fingerprint density at radius 2 is 1.00 bits per heavy atom. The summed E-state index contributed by atoms with van der Waals surface area (Å²) in [7, 11) is -32.5. The first-order valence-electron chi connectivity index (χ1n) is 17.7. The number of aromatic hydroxyl groups is 2. The molecule has 374 valence electrons. The van der Waals surface area contributed by atoms with Gasteiger partial charge in [-0.1, -0.05) is 0 Å². The molecule has 0 amide bonds. The number of phenolic OH excluding ortho intramolecular Hbond substituents is 2. The van der Waals surface area contributed by atoms with Crippen LogP contribution in [0.15, 0.2) is 127 Å². The number of nitrogens with zero attached hydrogens (tertiary/aromatic N) is 7. The number of nitrogens with two attached hydrogens (primary N) is 2. The van der Waals surface area contributed by atoms with E-state index in [2.05, 4.69) is 30.7 Å². The molecular formula is C33H23N9O23S6. The zero-order valence-electron chi connectivity index (χ0n) is 33.8. The lowest BCUT2D eigenvalue weighted by molar-refractivity contribution is -0.385. The zero-order chi connectivity index (χ0) is 53.3. The van der Waals surface area contributed by atoms with Gasteiger partial charge in [-0.25, -0.2) is 18.4 Å². The number of hydrogen-bond donors (Lipinski definition) is 10. The van der Waals surface area contributed by atoms with Gasteiger partial charge >= 0.3 is 5.97 Å². The van der Waals surface area contributed by atoms with E-state index >= 15 is 0 Å². The fourth-order valence-corrected chi connectivity index (χ4v) is 10.3. The lowest BCUT2D eigenvalue weighted by atomic mass is 10.0. The van der Waals surface area contributed by atoms with Gasteiger partial charge in [-0.05, 0) is 54.6 Å². The SMILES string of the molecule is Nc1c(N=Nc2ccc3c(O)c(N=Nc4ccc(S(N)(=O)=O)cc4C(=O)O)c(S(=O)(=O)O)cc3c2S(=O)(=O)O)cc(S(=O)(=O)O)c2cc(S(=O)(=O)O)c(N=Nc3ccc([N+](=O)[O-])cc3S(=O)(=O)O)c(O)c12. The van der Waals surface area contributed by atoms with Crippen LogP contribution in [0.2, 0.25) is 0 Å². The molecule has 71 heavy (non-hydrogen) atoms. The highest BCUT2D eigenvalue weighted by molar-refractivity contribution is 7.89. The maximum Gasteiger partial charge on any atom is 0.338 e. The topological polar surface area (TPSA) is 553 Å². The molecule has 0 aliphatic carbocycles. The largest absolute Gasteiger partial charge is 0.505 e. The first-order chi connectivity index (χ1) is 32.4. The molecule has 0 fully saturated rings. The first-order valence-corrected chi connectivity index (χ1v) is 26.4. The number of rotatable bonds is 14. The van der Waals surface area contributed by atoms with Crippen molar-refractivity contribution in [1.29, 1.82) is 0 Å². The summed E-state index contributed by atoms with van der Waals surface area (Å²) in [5.41, 5.74) is -2.86. The minimum absolute atomic E-state index is 0.251. The first kappa shape index (κ1) is 52.7. The van der Waals surface area contributed by atoms with Crippen molar-refractivity contribution in [2.45, 2.75) is 29.4 Å². The average Bonchev–Trinajstić information content (AvgIpc) is 3.22. The third-order valence-corrected chi connectivity index (χ3v) is 14.7. The van der Waals surface area contributed by atoms with Gasteiger partial charge < -0.3 is 21.1 Å². The van der Waals surface area contributed by atoms with E-state index in [9.17, 15) is 103 Å². The summed E-state index contributed by atoms with van der Waals surface area (Å²) in [6.45, 7) is 0. The smallest absolute Gasteiger partial charge is 0.338 e. The number of anilines is 1. The molecule has 32 nitrogen and oxygen atoms in total. The molecule has 0 bridgehead atoms. The number of carboxylic acid groups (broad SMARTS) is 1. The summed E-state index contributed by atoms with van der Waals surface area (Å²) >= 11 is 0. The number of non-ortho nitro benzene ring substituents is 1. The van der Waals surface area contributed by atoms with Gasteiger partial charge in [0, 0.05) is 28.3 Å². The van der Waals surface area contributed by atoms with E-state index in [4.69, 9.17) is 10.9 Å². The molecule has 0 spiro atoms. The number of azo groups is 3. The molecule has 0 unspecified atom stereocenters. The molecule has 0 radical (unpaired) electrons. The number of sulfonamides is 1. The molecular weight excluding hydrogens is 1080 g/mol. The number of carboxylic acids is 1. The number of carbonyl (C=O) groups is 1. The molecule has 0 aliphatic heterocycles. The highest BCUT2D eigenvalue weighted by Crippen LogP contribution is 2.50. The van der Waals surface area contributed by atoms with Crippen LogP contribution in [-0.4, -0.2) is 99.5 Å². The van der Waals surface area contributed by atoms with Crippen molar-refractivity contribution in [3.8, 4) is 11.5 Å². The third-order valence-electron chi connectivity index (χ3n) is 9.31. The Hall–Kier alpha value is -7.63. The number of phenols is 2. The molecule has 0 aromatic heterocycles. The van der Waals surface area contributed by atoms with Gasteiger partial charge in [0.2, 0.25) is 10.0 Å². The Morgan fingerprint density at radius 1 is 0.521 bits per heavy atom. The van der Waals surface area contributed by atoms with Gasteiger partial charge in [0.25, 0.3) is 56.3 Å². The van der Waals surface area contributed by atoms with Crippen molar-refractivity contribution in [3.05, 3.63) is 82.4 Å². The van der Waals surface area contributed by atoms with Crippen LogP contribution < -0.4 is 10.9 Å². The van der Waals surface area contributed by atoms with E-state index in [-0.39, 0.29) is 6.07 Å². The van der Waals surface area contributed by atoms with Crippen molar-refractivity contribution in [3.63, 3.8) is 0 Å². The maximum absolute atomic E-state index is 12.9. The van der Waals surface area contributed by atoms with Crippen LogP contribution in [0.5, 0.6) is 11.5 Å². The summed E-state index contributed by atoms with van der Waals surface area (Å²) < 4.78 is 200. The average molecular weight is 1110 g/mol. The molecule has 0 heterocycles. The quantitative estimate of drug-likeness (QED) is 0.0232. The van der Waals surface area contributed by atoms with Crippen LogP contribution in [0.1, 0.15) is 10.4 Å². The summed E-state index contributed by atoms with van der Waals surface area (Å²) in [4.78, 5) is 14.2. The van der Waals surface area contributed by atoms with Gasteiger partial charge in [-0.15, -0.1) is 30.7 Å². The molecule has 0 atom stereocenters. The molecule has 0 saturated carbocycles. The van der Waals surface area contributed by atoms with Crippen molar-refractivity contribution < 1.29 is 98.3 Å². The van der Waals surface area contributed by atoms with Gasteiger partial charge in [0.05, 0.1) is 26.5 Å². The van der Waals surface area contributed by atoms with Gasteiger partial charge in [-0.2, -0.15) is 42.1 Å². The van der Waals surface area contributed by atoms with E-state index in [1.165, 1.54) is 0 Å². The summed E-state index contributed by atoms with van der Waals surface area (Å²) in [6, 6.07) is 5.89. The number of primary sulfonamides is 1. The van der Waals surface area contributed by atoms with Crippen molar-refractivity contribution in [2.24, 2.45) is 35.8 Å². The van der Waals surface area contributed by atoms with Crippen molar-refractivity contribution in [2.75, 3.05) is 5.73 Å². The number of hydrogen-bond acceptors (Lipinski definition) is 24. The highest BCUT2D eigenvalue weighted by atomic mass is 32.2. The Kier molecular flexibility index (Phi) is 13.3. The summed E-state index contributed by atoms with van der Waals surface area (Å²) in [5, 5.41) is 65.6. The Morgan fingerprint density at radius 3 is 1.51 bits per heavy atom. The van der Waals surface area contributed by atoms with Crippen LogP contribution in [-0.2, 0) is 60.6 Å². The number of fused-ring (bicyclic) bond motifs is 2. The summed E-state index contributed by atoms with van der Waals surface area (Å²) in [5.74, 6) is -4.70. The Labute approximate surface area is 394 Å². The predicted octanol–water partition coefficient (Wildman–Crippen LogP) is 4.72. The highest BCUT2D eigenvalue weighted by Gasteiger charge is 2.31. The Balaban J connectivity index is 1.60. The molecule has 0 saturated heterocycles. The van der Waals surface area contributed by atoms with E-state index in [1.807, 2.05) is 0 Å². The molecule has 0 aliphatic rings. The van der Waals surface area contributed by atoms with Crippen LogP contribution in [0.3, 0.4) is 0 Å². The second-order valence-corrected chi connectivity index (χ2v) is 22.3. The minimum atomic E-state index is -5.72. The van der Waals surface area contributed by atoms with Gasteiger partial charge in [0.15, 0.2) is 11.5 Å². The number of benzene rings is 6. The lowest BCUT2D eigenvalue weighted by Crippen LogP contribution is -2.13. The fraction of sp³-hybridized carbons (Fsp3) is 0. The molecule has 12 N–H and O–H groups in total. The Bertz CT molecular complexity index is 4200. The fourth-order valence-electron chi connectivity index (χ4n) is 6.29. The number of nitrogen functional groups attached to an aromatic ring is 1. The van der Waals surface area contributed by atoms with E-state index in [0.29, 0.717) is 42.5 Å². The summed E-state index contributed by atoms with van der Waals surface area (Å²) in [6.07, 6.45) is 0. The van der Waals surface area contributed by atoms with Gasteiger partial charge in [0.1, 0.15) is 58.6 Å². The van der Waals surface area contributed by atoms with E-state index < -0.39 is 185 Å². The maximum atomic E-state index is 12.9. The molecule has 6 rings (SSSR count). The molecule has 6 aromatic rings. The number of nitro groups is 1. The normalized spacial score (nSPS) is 13.3. The standard InChI is InChI=1S/C33H23N9O23S6/c34-27-21(11-22(67(51,52)53)17-10-25(70(60,61)62)29(31(44)26(17)27)41-37-19-4-1-12(42(47)48)7-23(19)68(54,55)56)39-38-20-6-3-14-15(32(20)71(63,64)65)9-24(69(57,58)59)28(30(14)43)40-36-18-5-2-13(66(35,49)50)8-16(18)33(45)46/h1-11,43-44H,34H2,(H,45,46)(H2,35,49,50)(H,51,52,53)(H,54,55,56)(H,57,58,59)(H,60,61,62)(H,63,64,65).